The summed E-state index contributed by atoms with van der Waals surface area (Å²) in [7, 11) is 0. The molecular weight excluding hydrogens is 354 g/mol. The Kier molecular flexibility index (Phi) is 8.88. The summed E-state index contributed by atoms with van der Waals surface area (Å²) in [5.41, 5.74) is 6.72. The zero-order chi connectivity index (χ0) is 18.2. The number of halogens is 1. The van der Waals surface area contributed by atoms with Crippen LogP contribution in [0.3, 0.4) is 0 Å². The molecule has 1 aromatic heterocycles. The SMILES string of the molecule is CCOc1ccc(Oc2cc(CNC(=O)[C@@H](N)C(C)C)ccn2)cc1.Cl. The van der Waals surface area contributed by atoms with Gasteiger partial charge >= 0.3 is 0 Å². The Morgan fingerprint density at radius 1 is 1.19 bits per heavy atom. The van der Waals surface area contributed by atoms with Crippen LogP contribution in [0.2, 0.25) is 0 Å². The third-order valence-corrected chi connectivity index (χ3v) is 3.64. The number of rotatable bonds is 8. The number of ether oxygens (including phenoxy) is 2. The van der Waals surface area contributed by atoms with E-state index < -0.39 is 6.04 Å². The highest BCUT2D eigenvalue weighted by molar-refractivity contribution is 5.85. The van der Waals surface area contributed by atoms with Crippen LogP contribution in [0.1, 0.15) is 26.3 Å². The van der Waals surface area contributed by atoms with Crippen LogP contribution in [-0.2, 0) is 11.3 Å². The van der Waals surface area contributed by atoms with Gasteiger partial charge in [-0.25, -0.2) is 4.98 Å². The van der Waals surface area contributed by atoms with Crippen LogP contribution < -0.4 is 20.5 Å². The van der Waals surface area contributed by atoms with Crippen molar-refractivity contribution in [2.24, 2.45) is 11.7 Å². The van der Waals surface area contributed by atoms with Crippen LogP contribution in [0.25, 0.3) is 0 Å². The highest BCUT2D eigenvalue weighted by Crippen LogP contribution is 2.23. The Bertz CT molecular complexity index is 693. The van der Waals surface area contributed by atoms with E-state index in [0.717, 1.165) is 11.3 Å². The van der Waals surface area contributed by atoms with Gasteiger partial charge in [-0.2, -0.15) is 0 Å². The number of pyridine rings is 1. The first-order chi connectivity index (χ1) is 12.0. The molecule has 2 rings (SSSR count). The minimum Gasteiger partial charge on any atom is -0.494 e. The Morgan fingerprint density at radius 3 is 2.46 bits per heavy atom. The molecule has 0 saturated heterocycles. The fourth-order valence-corrected chi connectivity index (χ4v) is 2.12. The molecule has 1 aromatic carbocycles. The monoisotopic (exact) mass is 379 g/mol. The number of nitrogens with one attached hydrogen (secondary N) is 1. The Labute approximate surface area is 160 Å². The molecule has 0 saturated carbocycles. The van der Waals surface area contributed by atoms with Gasteiger partial charge in [0.05, 0.1) is 12.6 Å². The molecule has 2 aromatic rings. The number of carbonyl (C=O) groups is 1. The minimum absolute atomic E-state index is 0. The molecule has 1 atom stereocenters. The van der Waals surface area contributed by atoms with Crippen LogP contribution >= 0.6 is 12.4 Å². The summed E-state index contributed by atoms with van der Waals surface area (Å²) >= 11 is 0. The molecule has 0 radical (unpaired) electrons. The molecule has 0 unspecified atom stereocenters. The summed E-state index contributed by atoms with van der Waals surface area (Å²) in [6.07, 6.45) is 1.65. The van der Waals surface area contributed by atoms with Gasteiger partial charge in [-0.15, -0.1) is 12.4 Å². The highest BCUT2D eigenvalue weighted by atomic mass is 35.5. The van der Waals surface area contributed by atoms with E-state index in [4.69, 9.17) is 15.2 Å². The van der Waals surface area contributed by atoms with Crippen LogP contribution in [0.15, 0.2) is 42.6 Å². The molecular formula is C19H26ClN3O3. The largest absolute Gasteiger partial charge is 0.494 e. The molecule has 7 heteroatoms. The van der Waals surface area contributed by atoms with Crippen LogP contribution in [0.4, 0.5) is 0 Å². The van der Waals surface area contributed by atoms with Crippen molar-refractivity contribution in [3.8, 4) is 17.4 Å². The predicted molar refractivity (Wildman–Crippen MR) is 104 cm³/mol. The number of nitrogens with two attached hydrogens (primary N) is 1. The molecule has 1 heterocycles. The lowest BCUT2D eigenvalue weighted by atomic mass is 10.1. The third-order valence-electron chi connectivity index (χ3n) is 3.64. The minimum atomic E-state index is -0.513. The molecule has 0 aliphatic rings. The van der Waals surface area contributed by atoms with Gasteiger partial charge in [0.1, 0.15) is 11.5 Å². The normalized spacial score (nSPS) is 11.4. The summed E-state index contributed by atoms with van der Waals surface area (Å²) < 4.78 is 11.1. The third kappa shape index (κ3) is 6.54. The zero-order valence-electron chi connectivity index (χ0n) is 15.3. The number of carbonyl (C=O) groups excluding carboxylic acids is 1. The maximum atomic E-state index is 11.9. The summed E-state index contributed by atoms with van der Waals surface area (Å²) in [4.78, 5) is 16.1. The van der Waals surface area contributed by atoms with Crippen molar-refractivity contribution >= 4 is 18.3 Å². The van der Waals surface area contributed by atoms with E-state index in [2.05, 4.69) is 10.3 Å². The second-order valence-electron chi connectivity index (χ2n) is 6.00. The fraction of sp³-hybridized carbons (Fsp3) is 0.368. The van der Waals surface area contributed by atoms with Crippen molar-refractivity contribution in [3.63, 3.8) is 0 Å². The molecule has 0 fully saturated rings. The highest BCUT2D eigenvalue weighted by Gasteiger charge is 2.16. The lowest BCUT2D eigenvalue weighted by Crippen LogP contribution is -2.43. The van der Waals surface area contributed by atoms with Crippen molar-refractivity contribution in [2.45, 2.75) is 33.4 Å². The second-order valence-corrected chi connectivity index (χ2v) is 6.00. The molecule has 26 heavy (non-hydrogen) atoms. The number of amides is 1. The Morgan fingerprint density at radius 2 is 1.85 bits per heavy atom. The van der Waals surface area contributed by atoms with Crippen molar-refractivity contribution in [1.29, 1.82) is 0 Å². The van der Waals surface area contributed by atoms with Crippen LogP contribution in [-0.4, -0.2) is 23.5 Å². The average molecular weight is 380 g/mol. The predicted octanol–water partition coefficient (Wildman–Crippen LogP) is 3.29. The van der Waals surface area contributed by atoms with Crippen LogP contribution in [0.5, 0.6) is 17.4 Å². The quantitative estimate of drug-likeness (QED) is 0.734. The van der Waals surface area contributed by atoms with Crippen molar-refractivity contribution in [3.05, 3.63) is 48.2 Å². The Hall–Kier alpha value is -2.31. The van der Waals surface area contributed by atoms with E-state index in [1.165, 1.54) is 0 Å². The van der Waals surface area contributed by atoms with Gasteiger partial charge in [0, 0.05) is 18.8 Å². The van der Waals surface area contributed by atoms with Gasteiger partial charge < -0.3 is 20.5 Å². The van der Waals surface area contributed by atoms with Gasteiger partial charge in [-0.3, -0.25) is 4.79 Å². The number of nitrogens with zero attached hydrogens (tertiary/aromatic N) is 1. The number of benzene rings is 1. The molecule has 0 spiro atoms. The maximum absolute atomic E-state index is 11.9. The van der Waals surface area contributed by atoms with Crippen molar-refractivity contribution < 1.29 is 14.3 Å². The standard InChI is InChI=1S/C19H25N3O3.ClH/c1-4-24-15-5-7-16(8-6-15)25-17-11-14(9-10-21-17)12-22-19(23)18(20)13(2)3;/h5-11,13,18H,4,12,20H2,1-3H3,(H,22,23);1H/t18-;/m0./s1. The van der Waals surface area contributed by atoms with Crippen LogP contribution in [0, 0.1) is 5.92 Å². The fourth-order valence-electron chi connectivity index (χ4n) is 2.12. The number of hydrogen-bond acceptors (Lipinski definition) is 5. The summed E-state index contributed by atoms with van der Waals surface area (Å²) in [5.74, 6) is 1.85. The molecule has 3 N–H and O–H groups in total. The average Bonchev–Trinajstić information content (AvgIpc) is 2.61. The Balaban J connectivity index is 0.00000338. The molecule has 1 amide bonds. The smallest absolute Gasteiger partial charge is 0.237 e. The molecule has 0 aliphatic carbocycles. The maximum Gasteiger partial charge on any atom is 0.237 e. The number of aromatic nitrogens is 1. The van der Waals surface area contributed by atoms with Crippen molar-refractivity contribution in [1.82, 2.24) is 10.3 Å². The van der Waals surface area contributed by atoms with E-state index in [0.29, 0.717) is 24.8 Å². The first-order valence-corrected chi connectivity index (χ1v) is 8.38. The van der Waals surface area contributed by atoms with Gasteiger partial charge in [0.2, 0.25) is 11.8 Å². The lowest BCUT2D eigenvalue weighted by Gasteiger charge is -2.15. The topological polar surface area (TPSA) is 86.5 Å². The van der Waals surface area contributed by atoms with E-state index in [9.17, 15) is 4.79 Å². The first kappa shape index (κ1) is 21.7. The van der Waals surface area contributed by atoms with Gasteiger partial charge in [-0.05, 0) is 48.7 Å². The summed E-state index contributed by atoms with van der Waals surface area (Å²) in [6, 6.07) is 10.4. The lowest BCUT2D eigenvalue weighted by molar-refractivity contribution is -0.123. The van der Waals surface area contributed by atoms with E-state index >= 15 is 0 Å². The molecule has 142 valence electrons. The zero-order valence-corrected chi connectivity index (χ0v) is 16.1. The summed E-state index contributed by atoms with van der Waals surface area (Å²) in [6.45, 7) is 6.77. The van der Waals surface area contributed by atoms with Crippen molar-refractivity contribution in [2.75, 3.05) is 6.61 Å². The molecule has 0 aliphatic heterocycles. The van der Waals surface area contributed by atoms with Gasteiger partial charge in [-0.1, -0.05) is 13.8 Å². The van der Waals surface area contributed by atoms with E-state index in [-0.39, 0.29) is 24.2 Å². The number of hydrogen-bond donors (Lipinski definition) is 2. The van der Waals surface area contributed by atoms with E-state index in [1.54, 1.807) is 12.3 Å². The first-order valence-electron chi connectivity index (χ1n) is 8.38. The van der Waals surface area contributed by atoms with Gasteiger partial charge in [0.25, 0.3) is 0 Å². The molecule has 0 bridgehead atoms. The van der Waals surface area contributed by atoms with E-state index in [1.807, 2.05) is 51.1 Å². The second kappa shape index (κ2) is 10.6. The van der Waals surface area contributed by atoms with Gasteiger partial charge in [0.15, 0.2) is 0 Å². The summed E-state index contributed by atoms with van der Waals surface area (Å²) in [5, 5.41) is 2.83. The molecule has 6 nitrogen and oxygen atoms in total.